The van der Waals surface area contributed by atoms with Crippen LogP contribution in [0.4, 0.5) is 0 Å². The van der Waals surface area contributed by atoms with Crippen LogP contribution in [0.3, 0.4) is 0 Å². The number of fused-ring (bicyclic) bond motifs is 3. The molecule has 2 aromatic carbocycles. The van der Waals surface area contributed by atoms with Crippen LogP contribution in [-0.4, -0.2) is 24.5 Å². The summed E-state index contributed by atoms with van der Waals surface area (Å²) in [6, 6.07) is 16.3. The first kappa shape index (κ1) is 18.2. The van der Waals surface area contributed by atoms with Crippen LogP contribution in [0.15, 0.2) is 48.5 Å². The van der Waals surface area contributed by atoms with Gasteiger partial charge < -0.3 is 15.0 Å². The molecule has 0 radical (unpaired) electrons. The second-order valence-corrected chi connectivity index (χ2v) is 7.90. The fraction of sp³-hybridized carbons (Fsp3) is 0.348. The third-order valence-corrected chi connectivity index (χ3v) is 6.22. The molecule has 1 amide bonds. The molecule has 6 heteroatoms. The standard InChI is InChI=1S/C23H26N4O2/c1-29-15-11-9-14(10-12-15)21-18(13-24-27-21)23(28)26-20-8-4-6-17-16-5-2-3-7-19(16)25-22(17)20/h2-3,5,7,9-12,18,20-21,24-25,27H,4,6,8,13H2,1H3,(H,26,28). The molecule has 2 aliphatic rings. The molecule has 1 aromatic heterocycles. The molecule has 6 nitrogen and oxygen atoms in total. The first-order chi connectivity index (χ1) is 14.2. The minimum absolute atomic E-state index is 0.0377. The number of benzene rings is 2. The molecule has 1 aliphatic heterocycles. The molecule has 2 heterocycles. The number of carbonyl (C=O) groups excluding carboxylic acids is 1. The summed E-state index contributed by atoms with van der Waals surface area (Å²) in [4.78, 5) is 16.8. The molecule has 3 aromatic rings. The molecule has 0 bridgehead atoms. The number of aromatic amines is 1. The van der Waals surface area contributed by atoms with Crippen molar-refractivity contribution in [2.24, 2.45) is 5.92 Å². The zero-order valence-electron chi connectivity index (χ0n) is 16.5. The number of carbonyl (C=O) groups is 1. The summed E-state index contributed by atoms with van der Waals surface area (Å²) in [5.41, 5.74) is 11.2. The van der Waals surface area contributed by atoms with E-state index in [-0.39, 0.29) is 23.9 Å². The molecule has 29 heavy (non-hydrogen) atoms. The topological polar surface area (TPSA) is 78.2 Å². The normalized spacial score (nSPS) is 23.7. The third-order valence-electron chi connectivity index (χ3n) is 6.22. The Hall–Kier alpha value is -2.83. The highest BCUT2D eigenvalue weighted by Crippen LogP contribution is 2.35. The van der Waals surface area contributed by atoms with E-state index < -0.39 is 0 Å². The number of aryl methyl sites for hydroxylation is 1. The van der Waals surface area contributed by atoms with Crippen molar-refractivity contribution in [2.75, 3.05) is 13.7 Å². The summed E-state index contributed by atoms with van der Waals surface area (Å²) in [5, 5.41) is 4.60. The quantitative estimate of drug-likeness (QED) is 0.552. The summed E-state index contributed by atoms with van der Waals surface area (Å²) in [6.07, 6.45) is 3.11. The maximum absolute atomic E-state index is 13.2. The predicted octanol–water partition coefficient (Wildman–Crippen LogP) is 3.14. The maximum atomic E-state index is 13.2. The van der Waals surface area contributed by atoms with Gasteiger partial charge in [-0.25, -0.2) is 5.43 Å². The van der Waals surface area contributed by atoms with Crippen LogP contribution >= 0.6 is 0 Å². The van der Waals surface area contributed by atoms with E-state index in [0.717, 1.165) is 36.1 Å². The Kier molecular flexibility index (Phi) is 4.73. The average molecular weight is 390 g/mol. The van der Waals surface area contributed by atoms with Crippen molar-refractivity contribution in [1.82, 2.24) is 21.2 Å². The average Bonchev–Trinajstić information content (AvgIpc) is 3.39. The van der Waals surface area contributed by atoms with Gasteiger partial charge in [-0.2, -0.15) is 0 Å². The Morgan fingerprint density at radius 1 is 1.14 bits per heavy atom. The number of aromatic nitrogens is 1. The summed E-state index contributed by atoms with van der Waals surface area (Å²) < 4.78 is 5.25. The number of para-hydroxylation sites is 1. The number of ether oxygens (including phenoxy) is 1. The van der Waals surface area contributed by atoms with Gasteiger partial charge >= 0.3 is 0 Å². The Morgan fingerprint density at radius 3 is 2.79 bits per heavy atom. The molecule has 5 rings (SSSR count). The number of hydrogen-bond donors (Lipinski definition) is 4. The van der Waals surface area contributed by atoms with Gasteiger partial charge in [-0.3, -0.25) is 10.2 Å². The van der Waals surface area contributed by atoms with E-state index in [1.54, 1.807) is 7.11 Å². The van der Waals surface area contributed by atoms with Crippen molar-refractivity contribution in [3.05, 3.63) is 65.4 Å². The molecule has 3 unspecified atom stereocenters. The first-order valence-electron chi connectivity index (χ1n) is 10.3. The molecule has 1 saturated heterocycles. The Labute approximate surface area is 170 Å². The monoisotopic (exact) mass is 390 g/mol. The third kappa shape index (κ3) is 3.28. The fourth-order valence-corrected chi connectivity index (χ4v) is 4.71. The zero-order valence-corrected chi connectivity index (χ0v) is 16.5. The highest BCUT2D eigenvalue weighted by molar-refractivity contribution is 5.86. The molecule has 0 saturated carbocycles. The lowest BCUT2D eigenvalue weighted by molar-refractivity contribution is -0.125. The van der Waals surface area contributed by atoms with Gasteiger partial charge in [0.15, 0.2) is 0 Å². The van der Waals surface area contributed by atoms with Crippen molar-refractivity contribution in [1.29, 1.82) is 0 Å². The molecular formula is C23H26N4O2. The van der Waals surface area contributed by atoms with Crippen LogP contribution in [-0.2, 0) is 11.2 Å². The van der Waals surface area contributed by atoms with E-state index in [4.69, 9.17) is 4.74 Å². The van der Waals surface area contributed by atoms with E-state index in [1.807, 2.05) is 30.3 Å². The minimum atomic E-state index is -0.168. The van der Waals surface area contributed by atoms with Crippen molar-refractivity contribution in [2.45, 2.75) is 31.3 Å². The van der Waals surface area contributed by atoms with Gasteiger partial charge in [-0.15, -0.1) is 0 Å². The van der Waals surface area contributed by atoms with Crippen LogP contribution in [0.25, 0.3) is 10.9 Å². The first-order valence-corrected chi connectivity index (χ1v) is 10.3. The number of hydrogen-bond acceptors (Lipinski definition) is 4. The van der Waals surface area contributed by atoms with E-state index in [9.17, 15) is 4.79 Å². The number of methoxy groups -OCH3 is 1. The molecular weight excluding hydrogens is 364 g/mol. The Bertz CT molecular complexity index is 1030. The van der Waals surface area contributed by atoms with Gasteiger partial charge in [0.05, 0.1) is 25.1 Å². The SMILES string of the molecule is COc1ccc(C2NNCC2C(=O)NC2CCCc3c2[nH]c2ccccc32)cc1. The highest BCUT2D eigenvalue weighted by atomic mass is 16.5. The number of rotatable bonds is 4. The van der Waals surface area contributed by atoms with Crippen LogP contribution in [0.1, 0.15) is 41.7 Å². The number of amides is 1. The molecule has 0 spiro atoms. The van der Waals surface area contributed by atoms with Gasteiger partial charge in [0.2, 0.25) is 5.91 Å². The summed E-state index contributed by atoms with van der Waals surface area (Å²) in [5.74, 6) is 0.729. The molecule has 3 atom stereocenters. The smallest absolute Gasteiger partial charge is 0.226 e. The van der Waals surface area contributed by atoms with Crippen molar-refractivity contribution >= 4 is 16.8 Å². The van der Waals surface area contributed by atoms with Gasteiger partial charge in [-0.05, 0) is 48.6 Å². The Balaban J connectivity index is 1.36. The Morgan fingerprint density at radius 2 is 1.97 bits per heavy atom. The molecule has 150 valence electrons. The van der Waals surface area contributed by atoms with Crippen LogP contribution in [0.2, 0.25) is 0 Å². The van der Waals surface area contributed by atoms with E-state index in [0.29, 0.717) is 6.54 Å². The van der Waals surface area contributed by atoms with Gasteiger partial charge in [0.1, 0.15) is 5.75 Å². The minimum Gasteiger partial charge on any atom is -0.497 e. The summed E-state index contributed by atoms with van der Waals surface area (Å²) in [6.45, 7) is 0.606. The lowest BCUT2D eigenvalue weighted by Crippen LogP contribution is -2.38. The lowest BCUT2D eigenvalue weighted by Gasteiger charge is -2.26. The van der Waals surface area contributed by atoms with Gasteiger partial charge in [-0.1, -0.05) is 30.3 Å². The van der Waals surface area contributed by atoms with Crippen molar-refractivity contribution < 1.29 is 9.53 Å². The predicted molar refractivity (Wildman–Crippen MR) is 112 cm³/mol. The van der Waals surface area contributed by atoms with Crippen LogP contribution < -0.4 is 20.9 Å². The molecule has 1 fully saturated rings. The van der Waals surface area contributed by atoms with Crippen molar-refractivity contribution in [3.63, 3.8) is 0 Å². The van der Waals surface area contributed by atoms with Gasteiger partial charge in [0.25, 0.3) is 0 Å². The lowest BCUT2D eigenvalue weighted by atomic mass is 9.90. The number of H-pyrrole nitrogens is 1. The highest BCUT2D eigenvalue weighted by Gasteiger charge is 2.36. The molecule has 1 aliphatic carbocycles. The van der Waals surface area contributed by atoms with Gasteiger partial charge in [0, 0.05) is 23.1 Å². The largest absolute Gasteiger partial charge is 0.497 e. The fourth-order valence-electron chi connectivity index (χ4n) is 4.71. The zero-order chi connectivity index (χ0) is 19.8. The maximum Gasteiger partial charge on any atom is 0.226 e. The van der Waals surface area contributed by atoms with E-state index >= 15 is 0 Å². The van der Waals surface area contributed by atoms with E-state index in [1.165, 1.54) is 16.6 Å². The molecule has 4 N–H and O–H groups in total. The van der Waals surface area contributed by atoms with E-state index in [2.05, 4.69) is 39.4 Å². The number of nitrogens with one attached hydrogen (secondary N) is 4. The van der Waals surface area contributed by atoms with Crippen molar-refractivity contribution in [3.8, 4) is 5.75 Å². The second-order valence-electron chi connectivity index (χ2n) is 7.90. The summed E-state index contributed by atoms with van der Waals surface area (Å²) in [7, 11) is 1.66. The summed E-state index contributed by atoms with van der Waals surface area (Å²) >= 11 is 0. The van der Waals surface area contributed by atoms with Crippen LogP contribution in [0.5, 0.6) is 5.75 Å². The number of hydrazine groups is 1. The second kappa shape index (κ2) is 7.54. The van der Waals surface area contributed by atoms with Crippen LogP contribution in [0, 0.1) is 5.92 Å².